The zero-order valence-electron chi connectivity index (χ0n) is 20.4. The number of benzene rings is 1. The molecule has 0 spiro atoms. The van der Waals surface area contributed by atoms with E-state index in [4.69, 9.17) is 23.4 Å². The van der Waals surface area contributed by atoms with Crippen molar-refractivity contribution in [3.63, 3.8) is 0 Å². The Bertz CT molecular complexity index is 1170. The van der Waals surface area contributed by atoms with Crippen LogP contribution in [0.15, 0.2) is 33.5 Å². The molecule has 1 amide bonds. The van der Waals surface area contributed by atoms with E-state index in [1.807, 2.05) is 0 Å². The highest BCUT2D eigenvalue weighted by Crippen LogP contribution is 2.31. The Kier molecular flexibility index (Phi) is 8.16. The molecule has 2 fully saturated rings. The lowest BCUT2D eigenvalue weighted by atomic mass is 9.95. The van der Waals surface area contributed by atoms with Crippen molar-refractivity contribution in [3.05, 3.63) is 40.2 Å². The van der Waals surface area contributed by atoms with Gasteiger partial charge >= 0.3 is 5.63 Å². The molecule has 2 saturated heterocycles. The second kappa shape index (κ2) is 11.0. The Morgan fingerprint density at radius 1 is 1.03 bits per heavy atom. The molecule has 1 aromatic heterocycles. The summed E-state index contributed by atoms with van der Waals surface area (Å²) in [5, 5.41) is 54.5. The highest BCUT2D eigenvalue weighted by atomic mass is 16.7. The van der Waals surface area contributed by atoms with Gasteiger partial charge in [0.1, 0.15) is 54.0 Å². The fourth-order valence-electron chi connectivity index (χ4n) is 4.51. The molecule has 2 aliphatic heterocycles. The number of rotatable bonds is 6. The van der Waals surface area contributed by atoms with Crippen molar-refractivity contribution in [2.24, 2.45) is 0 Å². The van der Waals surface area contributed by atoms with E-state index in [-0.39, 0.29) is 11.3 Å². The van der Waals surface area contributed by atoms with Crippen molar-refractivity contribution < 1.29 is 53.7 Å². The van der Waals surface area contributed by atoms with Gasteiger partial charge in [0.05, 0.1) is 12.7 Å². The lowest BCUT2D eigenvalue weighted by molar-refractivity contribution is -0.335. The lowest BCUT2D eigenvalue weighted by Crippen LogP contribution is -2.68. The maximum atomic E-state index is 12.1. The number of carbonyl (C=O) groups is 1. The van der Waals surface area contributed by atoms with Crippen molar-refractivity contribution in [1.82, 2.24) is 5.32 Å². The SMILES string of the molecule is CC(=O)N[C@H]1[C@H](Oc2ccc3c(C)cc(=O)oc3c2)O[C@H](CO)[C@@H](O)[C@@H]1O[C@@H]1O[C@@H](C)[C@@H](O)[C@@H](O)[C@@H]1O. The van der Waals surface area contributed by atoms with E-state index >= 15 is 0 Å². The standard InChI is InChI=1S/C24H31NO12/c1-9-6-16(28)35-14-7-12(4-5-13(9)14)34-23-17(25-11(3)27)22(19(30)15(8-26)36-23)37-24-21(32)20(31)18(29)10(2)33-24/h4-7,10,15,17-24,26,29-32H,8H2,1-3H3,(H,25,27)/t10-,15+,17+,18+,19+,20+,21-,22+,23+,24-/m0/s1. The number of aliphatic hydroxyl groups is 5. The highest BCUT2D eigenvalue weighted by molar-refractivity contribution is 5.81. The van der Waals surface area contributed by atoms with Gasteiger partial charge in [0.25, 0.3) is 0 Å². The van der Waals surface area contributed by atoms with Crippen LogP contribution >= 0.6 is 0 Å². The number of hydrogen-bond donors (Lipinski definition) is 6. The summed E-state index contributed by atoms with van der Waals surface area (Å²) in [6.45, 7) is 3.79. The zero-order chi connectivity index (χ0) is 27.0. The minimum absolute atomic E-state index is 0.189. The van der Waals surface area contributed by atoms with Crippen LogP contribution < -0.4 is 15.7 Å². The Balaban J connectivity index is 1.65. The molecule has 1 aromatic carbocycles. The number of amides is 1. The smallest absolute Gasteiger partial charge is 0.336 e. The first kappa shape index (κ1) is 27.4. The van der Waals surface area contributed by atoms with E-state index in [2.05, 4.69) is 5.32 Å². The fourth-order valence-corrected chi connectivity index (χ4v) is 4.51. The van der Waals surface area contributed by atoms with Crippen LogP contribution in [0.1, 0.15) is 19.4 Å². The normalized spacial score (nSPS) is 36.3. The van der Waals surface area contributed by atoms with Gasteiger partial charge in [0.2, 0.25) is 12.2 Å². The highest BCUT2D eigenvalue weighted by Gasteiger charge is 2.51. The van der Waals surface area contributed by atoms with Crippen LogP contribution in [0.3, 0.4) is 0 Å². The van der Waals surface area contributed by atoms with Crippen molar-refractivity contribution >= 4 is 16.9 Å². The van der Waals surface area contributed by atoms with Gasteiger partial charge in [-0.25, -0.2) is 4.79 Å². The average molecular weight is 526 g/mol. The molecular weight excluding hydrogens is 494 g/mol. The molecule has 0 unspecified atom stereocenters. The average Bonchev–Trinajstić information content (AvgIpc) is 2.84. The maximum absolute atomic E-state index is 12.1. The van der Waals surface area contributed by atoms with E-state index in [0.717, 1.165) is 0 Å². The number of ether oxygens (including phenoxy) is 4. The van der Waals surface area contributed by atoms with E-state index in [0.29, 0.717) is 10.9 Å². The second-order valence-corrected chi connectivity index (χ2v) is 9.25. The summed E-state index contributed by atoms with van der Waals surface area (Å²) in [6.07, 6.45) is -12.5. The second-order valence-electron chi connectivity index (χ2n) is 9.25. The Morgan fingerprint density at radius 3 is 2.43 bits per heavy atom. The third-order valence-electron chi connectivity index (χ3n) is 6.50. The first-order valence-corrected chi connectivity index (χ1v) is 11.8. The van der Waals surface area contributed by atoms with Crippen LogP contribution in [0.4, 0.5) is 0 Å². The summed E-state index contributed by atoms with van der Waals surface area (Å²) in [6, 6.07) is 4.89. The molecule has 2 aliphatic rings. The van der Waals surface area contributed by atoms with Crippen molar-refractivity contribution in [1.29, 1.82) is 0 Å². The Morgan fingerprint density at radius 2 is 1.76 bits per heavy atom. The molecule has 37 heavy (non-hydrogen) atoms. The predicted molar refractivity (Wildman–Crippen MR) is 124 cm³/mol. The molecule has 6 N–H and O–H groups in total. The van der Waals surface area contributed by atoms with Crippen LogP contribution in [0.25, 0.3) is 11.0 Å². The Hall–Kier alpha value is -2.62. The summed E-state index contributed by atoms with van der Waals surface area (Å²) in [7, 11) is 0. The molecule has 204 valence electrons. The third kappa shape index (κ3) is 5.63. The summed E-state index contributed by atoms with van der Waals surface area (Å²) in [5.74, 6) is -0.339. The molecule has 4 rings (SSSR count). The molecule has 13 heteroatoms. The predicted octanol–water partition coefficient (Wildman–Crippen LogP) is -1.72. The van der Waals surface area contributed by atoms with Gasteiger partial charge in [-0.05, 0) is 31.5 Å². The van der Waals surface area contributed by atoms with Crippen LogP contribution in [-0.2, 0) is 19.0 Å². The fraction of sp³-hybridized carbons (Fsp3) is 0.583. The summed E-state index contributed by atoms with van der Waals surface area (Å²) in [4.78, 5) is 23.9. The maximum Gasteiger partial charge on any atom is 0.336 e. The van der Waals surface area contributed by atoms with Crippen LogP contribution in [0, 0.1) is 6.92 Å². The van der Waals surface area contributed by atoms with E-state index in [1.165, 1.54) is 26.0 Å². The summed E-state index contributed by atoms with van der Waals surface area (Å²) >= 11 is 0. The number of carbonyl (C=O) groups excluding carboxylic acids is 1. The molecule has 0 aliphatic carbocycles. The van der Waals surface area contributed by atoms with Gasteiger partial charge in [-0.3, -0.25) is 4.79 Å². The van der Waals surface area contributed by atoms with Crippen molar-refractivity contribution in [3.8, 4) is 5.75 Å². The number of hydrogen-bond acceptors (Lipinski definition) is 12. The quantitative estimate of drug-likeness (QED) is 0.234. The molecule has 0 bridgehead atoms. The monoisotopic (exact) mass is 525 g/mol. The molecule has 3 heterocycles. The minimum atomic E-state index is -1.68. The molecule has 10 atom stereocenters. The van der Waals surface area contributed by atoms with Gasteiger partial charge in [-0.15, -0.1) is 0 Å². The van der Waals surface area contributed by atoms with Crippen LogP contribution in [0.5, 0.6) is 5.75 Å². The summed E-state index contributed by atoms with van der Waals surface area (Å²) in [5.41, 5.74) is 0.408. The third-order valence-corrected chi connectivity index (χ3v) is 6.50. The number of aliphatic hydroxyl groups excluding tert-OH is 5. The lowest BCUT2D eigenvalue weighted by Gasteiger charge is -2.47. The van der Waals surface area contributed by atoms with Gasteiger partial charge in [0, 0.05) is 24.4 Å². The van der Waals surface area contributed by atoms with Gasteiger partial charge in [-0.2, -0.15) is 0 Å². The van der Waals surface area contributed by atoms with Crippen LogP contribution in [0.2, 0.25) is 0 Å². The minimum Gasteiger partial charge on any atom is -0.462 e. The molecule has 13 nitrogen and oxygen atoms in total. The topological polar surface area (TPSA) is 197 Å². The molecule has 0 saturated carbocycles. The van der Waals surface area contributed by atoms with Gasteiger partial charge in [0.15, 0.2) is 6.29 Å². The van der Waals surface area contributed by atoms with Crippen LogP contribution in [-0.4, -0.2) is 99.4 Å². The van der Waals surface area contributed by atoms with Gasteiger partial charge in [-0.1, -0.05) is 0 Å². The molecular formula is C24H31NO12. The van der Waals surface area contributed by atoms with E-state index < -0.39 is 79.5 Å². The summed E-state index contributed by atoms with van der Waals surface area (Å²) < 4.78 is 28.2. The van der Waals surface area contributed by atoms with Gasteiger partial charge < -0.3 is 54.2 Å². The first-order valence-electron chi connectivity index (χ1n) is 11.8. The zero-order valence-corrected chi connectivity index (χ0v) is 20.4. The van der Waals surface area contributed by atoms with E-state index in [9.17, 15) is 35.1 Å². The first-order chi connectivity index (χ1) is 17.5. The number of aryl methyl sites for hydroxylation is 1. The number of fused-ring (bicyclic) bond motifs is 1. The van der Waals surface area contributed by atoms with Crippen molar-refractivity contribution in [2.75, 3.05) is 6.61 Å². The largest absolute Gasteiger partial charge is 0.462 e. The van der Waals surface area contributed by atoms with Crippen molar-refractivity contribution in [2.45, 2.75) is 82.1 Å². The molecule has 2 aromatic rings. The Labute approximate surface area is 211 Å². The number of nitrogens with one attached hydrogen (secondary N) is 1. The van der Waals surface area contributed by atoms with E-state index in [1.54, 1.807) is 19.1 Å². The molecule has 0 radical (unpaired) electrons.